The minimum atomic E-state index is 0.810. The molecule has 0 heteroatoms. The van der Waals surface area contributed by atoms with E-state index < -0.39 is 0 Å². The van der Waals surface area contributed by atoms with Crippen LogP contribution in [0.2, 0.25) is 0 Å². The quantitative estimate of drug-likeness (QED) is 0.542. The molecule has 0 heterocycles. The first kappa shape index (κ1) is 9.57. The van der Waals surface area contributed by atoms with Gasteiger partial charge in [-0.1, -0.05) is 57.4 Å². The minimum Gasteiger partial charge on any atom is -0.0810 e. The summed E-state index contributed by atoms with van der Waals surface area (Å²) >= 11 is 0. The monoisotopic (exact) mass is 164 g/mol. The zero-order valence-electron chi connectivity index (χ0n) is 8.29. The summed E-state index contributed by atoms with van der Waals surface area (Å²) in [4.78, 5) is 0. The van der Waals surface area contributed by atoms with Gasteiger partial charge in [-0.05, 0) is 18.3 Å². The molecule has 0 nitrogen and oxygen atoms in total. The van der Waals surface area contributed by atoms with Crippen LogP contribution in [0.4, 0.5) is 0 Å². The van der Waals surface area contributed by atoms with E-state index in [1.807, 2.05) is 0 Å². The van der Waals surface area contributed by atoms with Crippen LogP contribution in [-0.4, -0.2) is 0 Å². The van der Waals surface area contributed by atoms with Gasteiger partial charge < -0.3 is 0 Å². The fourth-order valence-corrected chi connectivity index (χ4v) is 1.68. The van der Waals surface area contributed by atoms with Gasteiger partial charge in [-0.25, -0.2) is 0 Å². The third-order valence-corrected chi connectivity index (χ3v) is 2.46. The molecular weight excluding hydrogens is 144 g/mol. The van der Waals surface area contributed by atoms with Crippen molar-refractivity contribution in [1.82, 2.24) is 0 Å². The lowest BCUT2D eigenvalue weighted by Crippen LogP contribution is -1.79. The normalized spacial score (nSPS) is 28.8. The van der Waals surface area contributed by atoms with E-state index in [4.69, 9.17) is 0 Å². The van der Waals surface area contributed by atoms with Crippen molar-refractivity contribution in [3.05, 3.63) is 24.3 Å². The Labute approximate surface area is 76.4 Å². The van der Waals surface area contributed by atoms with E-state index in [1.165, 1.54) is 25.7 Å². The highest BCUT2D eigenvalue weighted by Crippen LogP contribution is 2.31. The molecule has 2 rings (SSSR count). The predicted molar refractivity (Wildman–Crippen MR) is 55.1 cm³/mol. The number of hydrogen-bond acceptors (Lipinski definition) is 0. The maximum Gasteiger partial charge on any atom is -0.00445 e. The highest BCUT2D eigenvalue weighted by molar-refractivity contribution is 5.21. The van der Waals surface area contributed by atoms with Gasteiger partial charge in [-0.3, -0.25) is 0 Å². The van der Waals surface area contributed by atoms with Gasteiger partial charge in [0.15, 0.2) is 0 Å². The predicted octanol–water partition coefficient (Wildman–Crippen LogP) is 3.95. The fraction of sp³-hybridized carbons (Fsp3) is 0.667. The van der Waals surface area contributed by atoms with E-state index in [2.05, 4.69) is 38.2 Å². The summed E-state index contributed by atoms with van der Waals surface area (Å²) in [6.45, 7) is 4.42. The van der Waals surface area contributed by atoms with Crippen molar-refractivity contribution in [2.75, 3.05) is 0 Å². The van der Waals surface area contributed by atoms with E-state index in [-0.39, 0.29) is 0 Å². The van der Waals surface area contributed by atoms with Crippen LogP contribution in [0.5, 0.6) is 0 Å². The van der Waals surface area contributed by atoms with Crippen molar-refractivity contribution in [3.8, 4) is 0 Å². The van der Waals surface area contributed by atoms with E-state index in [0.717, 1.165) is 11.8 Å². The number of hydrogen-bond donors (Lipinski definition) is 0. The lowest BCUT2D eigenvalue weighted by atomic mass is 10.2. The summed E-state index contributed by atoms with van der Waals surface area (Å²) in [6.07, 6.45) is 14.6. The molecule has 0 N–H and O–H groups in total. The van der Waals surface area contributed by atoms with Crippen LogP contribution < -0.4 is 0 Å². The molecular formula is C12H20. The van der Waals surface area contributed by atoms with Gasteiger partial charge >= 0.3 is 0 Å². The zero-order valence-corrected chi connectivity index (χ0v) is 8.29. The van der Waals surface area contributed by atoms with E-state index in [9.17, 15) is 0 Å². The summed E-state index contributed by atoms with van der Waals surface area (Å²) < 4.78 is 0. The molecule has 2 aliphatic carbocycles. The number of allylic oxidation sites excluding steroid dienone is 4. The number of fused-ring (bicyclic) bond motifs is 2. The second kappa shape index (κ2) is 5.18. The van der Waals surface area contributed by atoms with E-state index in [0.29, 0.717) is 0 Å². The Hall–Kier alpha value is -0.520. The first-order chi connectivity index (χ1) is 5.86. The molecule has 0 atom stereocenters. The van der Waals surface area contributed by atoms with Gasteiger partial charge in [-0.2, -0.15) is 0 Å². The lowest BCUT2D eigenvalue weighted by molar-refractivity contribution is 0.732. The molecule has 12 heavy (non-hydrogen) atoms. The average Bonchev–Trinajstić information content (AvgIpc) is 2.69. The second-order valence-corrected chi connectivity index (χ2v) is 3.69. The summed E-state index contributed by atoms with van der Waals surface area (Å²) in [5.41, 5.74) is 0. The molecule has 2 aliphatic rings. The molecule has 0 saturated carbocycles. The van der Waals surface area contributed by atoms with Crippen molar-refractivity contribution < 1.29 is 0 Å². The van der Waals surface area contributed by atoms with Crippen LogP contribution in [0.25, 0.3) is 0 Å². The Morgan fingerprint density at radius 3 is 1.42 bits per heavy atom. The van der Waals surface area contributed by atoms with Crippen molar-refractivity contribution >= 4 is 0 Å². The van der Waals surface area contributed by atoms with Gasteiger partial charge in [0.1, 0.15) is 0 Å². The van der Waals surface area contributed by atoms with Crippen LogP contribution in [0.1, 0.15) is 39.5 Å². The van der Waals surface area contributed by atoms with Crippen LogP contribution in [0.15, 0.2) is 24.3 Å². The second-order valence-electron chi connectivity index (χ2n) is 3.69. The largest absolute Gasteiger partial charge is 0.0810 e. The zero-order chi connectivity index (χ0) is 8.81. The SMILES string of the molecule is C1=CC2C=CC1C2.CCCCC. The summed E-state index contributed by atoms with van der Waals surface area (Å²) in [5.74, 6) is 1.62. The lowest BCUT2D eigenvalue weighted by Gasteiger charge is -1.88. The summed E-state index contributed by atoms with van der Waals surface area (Å²) in [6, 6.07) is 0. The number of unbranched alkanes of at least 4 members (excludes halogenated alkanes) is 2. The van der Waals surface area contributed by atoms with E-state index in [1.54, 1.807) is 0 Å². The standard InChI is InChI=1S/C7H8.C5H12/c1-2-7-4-3-6(1)5-7;1-3-5-4-2/h1-4,6-7H,5H2;3-5H2,1-2H3. The Morgan fingerprint density at radius 1 is 0.917 bits per heavy atom. The molecule has 0 aliphatic heterocycles. The van der Waals surface area contributed by atoms with E-state index >= 15 is 0 Å². The molecule has 0 aromatic heterocycles. The fourth-order valence-electron chi connectivity index (χ4n) is 1.68. The Morgan fingerprint density at radius 2 is 1.33 bits per heavy atom. The highest BCUT2D eigenvalue weighted by Gasteiger charge is 2.19. The van der Waals surface area contributed by atoms with Crippen molar-refractivity contribution in [2.24, 2.45) is 11.8 Å². The highest BCUT2D eigenvalue weighted by atomic mass is 14.2. The van der Waals surface area contributed by atoms with Gasteiger partial charge in [-0.15, -0.1) is 0 Å². The smallest absolute Gasteiger partial charge is 0.00445 e. The first-order valence-electron chi connectivity index (χ1n) is 5.23. The molecule has 0 unspecified atom stereocenters. The molecule has 0 fully saturated rings. The molecule has 0 amide bonds. The first-order valence-corrected chi connectivity index (χ1v) is 5.23. The molecule has 0 radical (unpaired) electrons. The van der Waals surface area contributed by atoms with Crippen molar-refractivity contribution in [1.29, 1.82) is 0 Å². The average molecular weight is 164 g/mol. The molecule has 0 spiro atoms. The van der Waals surface area contributed by atoms with Crippen molar-refractivity contribution in [3.63, 3.8) is 0 Å². The topological polar surface area (TPSA) is 0 Å². The molecule has 0 aromatic rings. The Kier molecular flexibility index (Phi) is 4.13. The van der Waals surface area contributed by atoms with Crippen molar-refractivity contribution in [2.45, 2.75) is 39.5 Å². The molecule has 68 valence electrons. The molecule has 0 saturated heterocycles. The molecule has 0 aromatic carbocycles. The minimum absolute atomic E-state index is 0.810. The summed E-state index contributed by atoms with van der Waals surface area (Å²) in [5, 5.41) is 0. The third-order valence-electron chi connectivity index (χ3n) is 2.46. The Balaban J connectivity index is 0.000000130. The van der Waals surface area contributed by atoms with Gasteiger partial charge in [0, 0.05) is 0 Å². The maximum absolute atomic E-state index is 2.30. The molecule has 2 bridgehead atoms. The van der Waals surface area contributed by atoms with Gasteiger partial charge in [0.05, 0.1) is 0 Å². The van der Waals surface area contributed by atoms with Gasteiger partial charge in [0.2, 0.25) is 0 Å². The van der Waals surface area contributed by atoms with Crippen LogP contribution in [0.3, 0.4) is 0 Å². The van der Waals surface area contributed by atoms with Crippen LogP contribution in [0, 0.1) is 11.8 Å². The van der Waals surface area contributed by atoms with Crippen LogP contribution in [-0.2, 0) is 0 Å². The van der Waals surface area contributed by atoms with Gasteiger partial charge in [0.25, 0.3) is 0 Å². The third kappa shape index (κ3) is 2.84. The summed E-state index contributed by atoms with van der Waals surface area (Å²) in [7, 11) is 0. The number of rotatable bonds is 2. The van der Waals surface area contributed by atoms with Crippen LogP contribution >= 0.6 is 0 Å². The maximum atomic E-state index is 2.30. The Bertz CT molecular complexity index is 135.